The number of amides is 4. The summed E-state index contributed by atoms with van der Waals surface area (Å²) in [5.41, 5.74) is 5.54. The van der Waals surface area contributed by atoms with Crippen LogP contribution >= 0.6 is 0 Å². The van der Waals surface area contributed by atoms with E-state index in [1.54, 1.807) is 45.9 Å². The molecule has 2 atom stereocenters. The summed E-state index contributed by atoms with van der Waals surface area (Å²) in [6.07, 6.45) is 2.70. The van der Waals surface area contributed by atoms with Crippen LogP contribution in [0.3, 0.4) is 0 Å². The van der Waals surface area contributed by atoms with Crippen LogP contribution in [0.15, 0.2) is 46.6 Å². The Morgan fingerprint density at radius 2 is 1.06 bits per heavy atom. The number of fused-ring (bicyclic) bond motifs is 4. The molecule has 0 aromatic carbocycles. The number of nitrogens with zero attached hydrogens (tertiary/aromatic N) is 4. The zero-order chi connectivity index (χ0) is 26.2. The number of pyridine rings is 2. The quantitative estimate of drug-likeness (QED) is 0.479. The highest BCUT2D eigenvalue weighted by Gasteiger charge is 2.27. The number of rotatable bonds is 2. The van der Waals surface area contributed by atoms with Gasteiger partial charge in [0.15, 0.2) is 0 Å². The maximum atomic E-state index is 12.9. The van der Waals surface area contributed by atoms with Gasteiger partial charge in [0.05, 0.1) is 23.8 Å². The fourth-order valence-corrected chi connectivity index (χ4v) is 3.26. The molecular formula is C24H28N8O4. The van der Waals surface area contributed by atoms with Crippen molar-refractivity contribution in [2.24, 2.45) is 22.0 Å². The Morgan fingerprint density at radius 3 is 1.47 bits per heavy atom. The van der Waals surface area contributed by atoms with E-state index in [0.29, 0.717) is 11.4 Å². The van der Waals surface area contributed by atoms with Crippen molar-refractivity contribution in [1.82, 2.24) is 31.5 Å². The highest BCUT2D eigenvalue weighted by atomic mass is 16.2. The third-order valence-corrected chi connectivity index (χ3v) is 5.22. The zero-order valence-corrected chi connectivity index (χ0v) is 20.4. The Bertz CT molecular complexity index is 1120. The average Bonchev–Trinajstić information content (AvgIpc) is 2.84. The van der Waals surface area contributed by atoms with Gasteiger partial charge < -0.3 is 10.6 Å². The molecule has 4 bridgehead atoms. The molecule has 3 heterocycles. The van der Waals surface area contributed by atoms with E-state index in [1.807, 2.05) is 0 Å². The molecule has 0 radical (unpaired) electrons. The lowest BCUT2D eigenvalue weighted by Gasteiger charge is -2.21. The van der Waals surface area contributed by atoms with E-state index in [-0.39, 0.29) is 23.2 Å². The van der Waals surface area contributed by atoms with Gasteiger partial charge in [0, 0.05) is 0 Å². The number of hydrogen-bond donors (Lipinski definition) is 4. The maximum Gasteiger partial charge on any atom is 0.270 e. The number of carbonyl (C=O) groups is 4. The molecule has 0 saturated heterocycles. The van der Waals surface area contributed by atoms with Crippen molar-refractivity contribution in [2.45, 2.75) is 39.8 Å². The first-order chi connectivity index (χ1) is 17.2. The zero-order valence-electron chi connectivity index (χ0n) is 20.4. The lowest BCUT2D eigenvalue weighted by Crippen LogP contribution is -2.49. The van der Waals surface area contributed by atoms with E-state index < -0.39 is 35.7 Å². The van der Waals surface area contributed by atoms with Crippen LogP contribution in [-0.4, -0.2) is 58.1 Å². The molecular weight excluding hydrogens is 464 g/mol. The van der Waals surface area contributed by atoms with E-state index in [2.05, 4.69) is 41.7 Å². The number of hydrogen-bond acceptors (Lipinski definition) is 8. The molecule has 4 N–H and O–H groups in total. The Morgan fingerprint density at radius 1 is 0.639 bits per heavy atom. The molecule has 0 spiro atoms. The third kappa shape index (κ3) is 6.78. The Hall–Kier alpha value is -4.48. The topological polar surface area (TPSA) is 167 Å². The Kier molecular flexibility index (Phi) is 8.55. The number of aromatic nitrogens is 2. The maximum absolute atomic E-state index is 12.9. The SMILES string of the molecule is CC(C)C1NC(=O)c2cccc(n2)C(=O)NC(C(C)C)C(=O)N/N=C\c2cccc(n2)/C=N\NC1=O. The van der Waals surface area contributed by atoms with Crippen LogP contribution in [0.5, 0.6) is 0 Å². The minimum Gasteiger partial charge on any atom is -0.339 e. The van der Waals surface area contributed by atoms with E-state index in [4.69, 9.17) is 0 Å². The molecule has 0 aliphatic carbocycles. The Labute approximate surface area is 208 Å². The van der Waals surface area contributed by atoms with Gasteiger partial charge in [0.1, 0.15) is 23.5 Å². The summed E-state index contributed by atoms with van der Waals surface area (Å²) in [4.78, 5) is 59.5. The van der Waals surface area contributed by atoms with Gasteiger partial charge >= 0.3 is 0 Å². The van der Waals surface area contributed by atoms with E-state index in [0.717, 1.165) is 0 Å². The van der Waals surface area contributed by atoms with Crippen LogP contribution in [0.4, 0.5) is 0 Å². The summed E-state index contributed by atoms with van der Waals surface area (Å²) in [6.45, 7) is 7.08. The molecule has 36 heavy (non-hydrogen) atoms. The number of hydrazone groups is 2. The van der Waals surface area contributed by atoms with Crippen LogP contribution in [-0.2, 0) is 9.59 Å². The smallest absolute Gasteiger partial charge is 0.270 e. The number of carbonyl (C=O) groups excluding carboxylic acids is 4. The predicted molar refractivity (Wildman–Crippen MR) is 132 cm³/mol. The van der Waals surface area contributed by atoms with Gasteiger partial charge in [-0.2, -0.15) is 10.2 Å². The minimum atomic E-state index is -0.917. The molecule has 0 fully saturated rings. The van der Waals surface area contributed by atoms with Gasteiger partial charge in [-0.25, -0.2) is 20.8 Å². The van der Waals surface area contributed by atoms with Gasteiger partial charge in [-0.1, -0.05) is 39.8 Å². The van der Waals surface area contributed by atoms with Crippen LogP contribution in [0.2, 0.25) is 0 Å². The first-order valence-corrected chi connectivity index (χ1v) is 11.4. The van der Waals surface area contributed by atoms with Crippen molar-refractivity contribution in [2.75, 3.05) is 0 Å². The summed E-state index contributed by atoms with van der Waals surface area (Å²) >= 11 is 0. The van der Waals surface area contributed by atoms with Gasteiger partial charge in [0.2, 0.25) is 0 Å². The van der Waals surface area contributed by atoms with Crippen molar-refractivity contribution < 1.29 is 19.2 Å². The van der Waals surface area contributed by atoms with Crippen LogP contribution in [0.25, 0.3) is 0 Å². The first-order valence-electron chi connectivity index (χ1n) is 11.4. The second kappa shape index (κ2) is 11.8. The van der Waals surface area contributed by atoms with Gasteiger partial charge in [-0.15, -0.1) is 0 Å². The molecule has 2 unspecified atom stereocenters. The number of nitrogens with one attached hydrogen (secondary N) is 4. The third-order valence-electron chi connectivity index (χ3n) is 5.22. The van der Waals surface area contributed by atoms with E-state index in [9.17, 15) is 19.2 Å². The summed E-state index contributed by atoms with van der Waals surface area (Å²) in [7, 11) is 0. The first kappa shape index (κ1) is 26.1. The fourth-order valence-electron chi connectivity index (χ4n) is 3.26. The van der Waals surface area contributed by atoms with E-state index in [1.165, 1.54) is 30.6 Å². The molecule has 4 amide bonds. The molecule has 188 valence electrons. The molecule has 1 aliphatic heterocycles. The van der Waals surface area contributed by atoms with Crippen molar-refractivity contribution in [3.63, 3.8) is 0 Å². The average molecular weight is 493 g/mol. The summed E-state index contributed by atoms with van der Waals surface area (Å²) < 4.78 is 0. The monoisotopic (exact) mass is 492 g/mol. The van der Waals surface area contributed by atoms with Crippen LogP contribution < -0.4 is 21.5 Å². The lowest BCUT2D eigenvalue weighted by molar-refractivity contribution is -0.124. The molecule has 0 saturated carbocycles. The standard InChI is InChI=1S/C24H28N8O4/c1-13(2)19-23(35)31-25-11-15-7-5-8-16(27-15)12-26-32-24(36)20(14(3)4)30-22(34)18-10-6-9-17(28-18)21(33)29-19/h5-14,19-20H,1-4H3,(H,29,33)(H,30,34)(H,31,35)(H,32,36)/b25-11-,26-12-. The predicted octanol–water partition coefficient (Wildman–Crippen LogP) is 0.599. The van der Waals surface area contributed by atoms with Crippen molar-refractivity contribution in [3.05, 3.63) is 59.2 Å². The molecule has 1 aliphatic rings. The van der Waals surface area contributed by atoms with Crippen molar-refractivity contribution >= 4 is 36.1 Å². The molecule has 12 nitrogen and oxygen atoms in total. The Balaban J connectivity index is 1.98. The summed E-state index contributed by atoms with van der Waals surface area (Å²) in [5, 5.41) is 13.1. The molecule has 12 heteroatoms. The highest BCUT2D eigenvalue weighted by molar-refractivity contribution is 5.99. The second-order valence-corrected chi connectivity index (χ2v) is 8.75. The van der Waals surface area contributed by atoms with Gasteiger partial charge in [-0.3, -0.25) is 19.2 Å². The molecule has 2 aromatic heterocycles. The van der Waals surface area contributed by atoms with Gasteiger partial charge in [0.25, 0.3) is 23.6 Å². The second-order valence-electron chi connectivity index (χ2n) is 8.75. The largest absolute Gasteiger partial charge is 0.339 e. The normalized spacial score (nSPS) is 21.2. The van der Waals surface area contributed by atoms with Crippen LogP contribution in [0, 0.1) is 11.8 Å². The lowest BCUT2D eigenvalue weighted by atomic mass is 10.0. The highest BCUT2D eigenvalue weighted by Crippen LogP contribution is 2.08. The summed E-state index contributed by atoms with van der Waals surface area (Å²) in [5.74, 6) is -2.87. The van der Waals surface area contributed by atoms with Crippen molar-refractivity contribution in [3.8, 4) is 0 Å². The van der Waals surface area contributed by atoms with Gasteiger partial charge in [-0.05, 0) is 36.1 Å². The van der Waals surface area contributed by atoms with Crippen molar-refractivity contribution in [1.29, 1.82) is 0 Å². The fraction of sp³-hybridized carbons (Fsp3) is 0.333. The summed E-state index contributed by atoms with van der Waals surface area (Å²) in [6, 6.07) is 7.55. The van der Waals surface area contributed by atoms with Crippen LogP contribution in [0.1, 0.15) is 60.1 Å². The van der Waals surface area contributed by atoms with E-state index >= 15 is 0 Å². The molecule has 2 aromatic rings. The minimum absolute atomic E-state index is 0.0600. The molecule has 3 rings (SSSR count).